The molecule has 0 aliphatic carbocycles. The molecule has 2 aromatic rings. The normalized spacial score (nSPS) is 10.3. The number of hydrogen-bond donors (Lipinski definition) is 2. The van der Waals surface area contributed by atoms with Gasteiger partial charge in [-0.05, 0) is 75.8 Å². The number of carbonyl (C=O) groups is 1. The first-order chi connectivity index (χ1) is 8.99. The van der Waals surface area contributed by atoms with Crippen LogP contribution in [0.3, 0.4) is 0 Å². The molecule has 2 aromatic carbocycles. The molecule has 0 atom stereocenters. The van der Waals surface area contributed by atoms with Crippen molar-refractivity contribution in [3.05, 3.63) is 55.6 Å². The van der Waals surface area contributed by atoms with Gasteiger partial charge >= 0.3 is 0 Å². The smallest absolute Gasteiger partial charge is 0.256 e. The Bertz CT molecular complexity index is 643. The number of anilines is 1. The summed E-state index contributed by atoms with van der Waals surface area (Å²) >= 11 is 5.52. The molecule has 0 heterocycles. The maximum absolute atomic E-state index is 12.2. The van der Waals surface area contributed by atoms with E-state index in [1.807, 2.05) is 12.1 Å². The van der Waals surface area contributed by atoms with Gasteiger partial charge in [-0.2, -0.15) is 0 Å². The van der Waals surface area contributed by atoms with Gasteiger partial charge in [-0.1, -0.05) is 6.07 Å². The van der Waals surface area contributed by atoms with Crippen LogP contribution < -0.4 is 5.32 Å². The SMILES string of the molecule is Cc1c(O)cccc1NC(=O)c1cc(I)ccc1Br. The maximum atomic E-state index is 12.2. The molecule has 0 aliphatic rings. The molecule has 0 spiro atoms. The highest BCUT2D eigenvalue weighted by Gasteiger charge is 2.12. The van der Waals surface area contributed by atoms with E-state index in [1.165, 1.54) is 0 Å². The third-order valence-corrected chi connectivity index (χ3v) is 4.09. The van der Waals surface area contributed by atoms with Crippen LogP contribution in [0, 0.1) is 10.5 Å². The summed E-state index contributed by atoms with van der Waals surface area (Å²) in [6.45, 7) is 1.76. The monoisotopic (exact) mass is 431 g/mol. The Balaban J connectivity index is 2.31. The minimum atomic E-state index is -0.209. The standard InChI is InChI=1S/C14H11BrINO2/c1-8-12(3-2-4-13(8)18)17-14(19)10-7-9(16)5-6-11(10)15/h2-7,18H,1H3,(H,17,19). The zero-order chi connectivity index (χ0) is 14.0. The maximum Gasteiger partial charge on any atom is 0.256 e. The molecular weight excluding hydrogens is 421 g/mol. The number of phenols is 1. The number of aromatic hydroxyl groups is 1. The highest BCUT2D eigenvalue weighted by molar-refractivity contribution is 14.1. The van der Waals surface area contributed by atoms with Gasteiger partial charge in [0.2, 0.25) is 0 Å². The summed E-state index contributed by atoms with van der Waals surface area (Å²) in [6, 6.07) is 10.6. The van der Waals surface area contributed by atoms with Crippen molar-refractivity contribution in [2.75, 3.05) is 5.32 Å². The lowest BCUT2D eigenvalue weighted by molar-refractivity contribution is 0.102. The number of hydrogen-bond acceptors (Lipinski definition) is 2. The van der Waals surface area contributed by atoms with Crippen LogP contribution in [-0.4, -0.2) is 11.0 Å². The van der Waals surface area contributed by atoms with Crippen LogP contribution in [0.15, 0.2) is 40.9 Å². The van der Waals surface area contributed by atoms with Crippen LogP contribution >= 0.6 is 38.5 Å². The number of rotatable bonds is 2. The molecule has 2 N–H and O–H groups in total. The third kappa shape index (κ3) is 3.27. The van der Waals surface area contributed by atoms with E-state index in [9.17, 15) is 9.90 Å². The largest absolute Gasteiger partial charge is 0.508 e. The van der Waals surface area contributed by atoms with E-state index in [0.717, 1.165) is 8.04 Å². The summed E-state index contributed by atoms with van der Waals surface area (Å²) in [5, 5.41) is 12.4. The van der Waals surface area contributed by atoms with Crippen LogP contribution in [0.1, 0.15) is 15.9 Å². The lowest BCUT2D eigenvalue weighted by Gasteiger charge is -2.10. The van der Waals surface area contributed by atoms with Crippen molar-refractivity contribution in [3.63, 3.8) is 0 Å². The Morgan fingerprint density at radius 2 is 2.05 bits per heavy atom. The number of halogens is 2. The molecule has 1 amide bonds. The zero-order valence-corrected chi connectivity index (χ0v) is 13.8. The average molecular weight is 432 g/mol. The summed E-state index contributed by atoms with van der Waals surface area (Å²) in [5.74, 6) is -0.0430. The van der Waals surface area contributed by atoms with Gasteiger partial charge in [0.05, 0.1) is 5.56 Å². The summed E-state index contributed by atoms with van der Waals surface area (Å²) in [7, 11) is 0. The number of benzene rings is 2. The van der Waals surface area contributed by atoms with Crippen LogP contribution in [0.4, 0.5) is 5.69 Å². The first-order valence-electron chi connectivity index (χ1n) is 5.54. The van der Waals surface area contributed by atoms with Crippen LogP contribution in [0.5, 0.6) is 5.75 Å². The third-order valence-electron chi connectivity index (χ3n) is 2.73. The molecule has 3 nitrogen and oxygen atoms in total. The second-order valence-corrected chi connectivity index (χ2v) is 6.13. The van der Waals surface area contributed by atoms with E-state index in [2.05, 4.69) is 43.8 Å². The summed E-state index contributed by atoms with van der Waals surface area (Å²) < 4.78 is 1.72. The van der Waals surface area contributed by atoms with Gasteiger partial charge in [0, 0.05) is 19.3 Å². The molecule has 98 valence electrons. The van der Waals surface area contributed by atoms with E-state index in [0.29, 0.717) is 16.8 Å². The van der Waals surface area contributed by atoms with Gasteiger partial charge in [0.15, 0.2) is 0 Å². The first kappa shape index (κ1) is 14.3. The van der Waals surface area contributed by atoms with Crippen molar-refractivity contribution in [3.8, 4) is 5.75 Å². The van der Waals surface area contributed by atoms with Crippen molar-refractivity contribution in [2.45, 2.75) is 6.92 Å². The minimum absolute atomic E-state index is 0.166. The Labute approximate surface area is 133 Å². The van der Waals surface area contributed by atoms with Crippen LogP contribution in [-0.2, 0) is 0 Å². The fraction of sp³-hybridized carbons (Fsp3) is 0.0714. The van der Waals surface area contributed by atoms with E-state index < -0.39 is 0 Å². The van der Waals surface area contributed by atoms with Crippen molar-refractivity contribution in [2.24, 2.45) is 0 Å². The summed E-state index contributed by atoms with van der Waals surface area (Å²) in [6.07, 6.45) is 0. The van der Waals surface area contributed by atoms with Gasteiger partial charge in [0.25, 0.3) is 5.91 Å². The molecule has 19 heavy (non-hydrogen) atoms. The molecule has 2 rings (SSSR count). The number of amides is 1. The van der Waals surface area contributed by atoms with Crippen LogP contribution in [0.2, 0.25) is 0 Å². The number of carbonyl (C=O) groups excluding carboxylic acids is 1. The van der Waals surface area contributed by atoms with Crippen LogP contribution in [0.25, 0.3) is 0 Å². The van der Waals surface area contributed by atoms with E-state index in [-0.39, 0.29) is 11.7 Å². The van der Waals surface area contributed by atoms with Gasteiger partial charge in [-0.3, -0.25) is 4.79 Å². The lowest BCUT2D eigenvalue weighted by atomic mass is 10.1. The number of nitrogens with one attached hydrogen (secondary N) is 1. The Morgan fingerprint density at radius 1 is 1.32 bits per heavy atom. The molecule has 0 fully saturated rings. The van der Waals surface area contributed by atoms with Gasteiger partial charge in [-0.15, -0.1) is 0 Å². The molecule has 0 aromatic heterocycles. The van der Waals surface area contributed by atoms with Gasteiger partial charge < -0.3 is 10.4 Å². The summed E-state index contributed by atoms with van der Waals surface area (Å²) in [4.78, 5) is 12.2. The van der Waals surface area contributed by atoms with Crippen molar-refractivity contribution in [1.29, 1.82) is 0 Å². The first-order valence-corrected chi connectivity index (χ1v) is 7.41. The zero-order valence-electron chi connectivity index (χ0n) is 10.1. The van der Waals surface area contributed by atoms with E-state index in [1.54, 1.807) is 31.2 Å². The molecule has 0 bridgehead atoms. The quantitative estimate of drug-likeness (QED) is 0.695. The fourth-order valence-electron chi connectivity index (χ4n) is 1.62. The van der Waals surface area contributed by atoms with E-state index >= 15 is 0 Å². The minimum Gasteiger partial charge on any atom is -0.508 e. The number of phenolic OH excluding ortho intramolecular Hbond substituents is 1. The highest BCUT2D eigenvalue weighted by Crippen LogP contribution is 2.26. The van der Waals surface area contributed by atoms with Crippen molar-refractivity contribution < 1.29 is 9.90 Å². The van der Waals surface area contributed by atoms with Crippen molar-refractivity contribution in [1.82, 2.24) is 0 Å². The lowest BCUT2D eigenvalue weighted by Crippen LogP contribution is -2.13. The van der Waals surface area contributed by atoms with Gasteiger partial charge in [-0.25, -0.2) is 0 Å². The molecular formula is C14H11BrINO2. The fourth-order valence-corrected chi connectivity index (χ4v) is 2.54. The Kier molecular flexibility index (Phi) is 4.46. The second kappa shape index (κ2) is 5.92. The van der Waals surface area contributed by atoms with E-state index in [4.69, 9.17) is 0 Å². The molecule has 0 unspecified atom stereocenters. The molecule has 0 radical (unpaired) electrons. The topological polar surface area (TPSA) is 49.3 Å². The predicted octanol–water partition coefficient (Wildman–Crippen LogP) is 4.32. The molecule has 0 saturated carbocycles. The van der Waals surface area contributed by atoms with Crippen molar-refractivity contribution >= 4 is 50.1 Å². The Morgan fingerprint density at radius 3 is 2.79 bits per heavy atom. The molecule has 0 aliphatic heterocycles. The summed E-state index contributed by atoms with van der Waals surface area (Å²) in [5.41, 5.74) is 1.82. The molecule has 0 saturated heterocycles. The van der Waals surface area contributed by atoms with Gasteiger partial charge in [0.1, 0.15) is 5.75 Å². The molecule has 5 heteroatoms. The second-order valence-electron chi connectivity index (χ2n) is 4.03. The highest BCUT2D eigenvalue weighted by atomic mass is 127. The Hall–Kier alpha value is -1.08. The average Bonchev–Trinajstić information content (AvgIpc) is 2.38. The predicted molar refractivity (Wildman–Crippen MR) is 87.7 cm³/mol.